The van der Waals surface area contributed by atoms with Gasteiger partial charge in [-0.25, -0.2) is 4.79 Å². The molecule has 37 heavy (non-hydrogen) atoms. The average molecular weight is 501 g/mol. The second-order valence-corrected chi connectivity index (χ2v) is 12.1. The zero-order valence-electron chi connectivity index (χ0n) is 23.1. The molecule has 4 aliphatic rings. The number of benzene rings is 2. The minimum absolute atomic E-state index is 0.106. The molecule has 3 nitrogen and oxygen atoms in total. The number of carbonyl (C=O) groups excluding carboxylic acids is 1. The van der Waals surface area contributed by atoms with E-state index in [1.807, 2.05) is 18.2 Å². The highest BCUT2D eigenvalue weighted by molar-refractivity contribution is 5.87. The van der Waals surface area contributed by atoms with Gasteiger partial charge in [-0.05, 0) is 97.4 Å². The normalized spacial score (nSPS) is 25.0. The zero-order chi connectivity index (χ0) is 27.2. The minimum atomic E-state index is -0.179. The van der Waals surface area contributed by atoms with Crippen molar-refractivity contribution in [2.45, 2.75) is 77.2 Å². The Bertz CT molecular complexity index is 1050. The van der Waals surface area contributed by atoms with Gasteiger partial charge >= 0.3 is 5.97 Å². The number of carbonyl (C=O) groups is 1. The molecule has 0 aromatic heterocycles. The molecule has 2 aromatic carbocycles. The Morgan fingerprint density at radius 1 is 0.865 bits per heavy atom. The van der Waals surface area contributed by atoms with Crippen LogP contribution in [-0.4, -0.2) is 16.7 Å². The van der Waals surface area contributed by atoms with Gasteiger partial charge < -0.3 is 9.84 Å². The van der Waals surface area contributed by atoms with Gasteiger partial charge in [-0.3, -0.25) is 0 Å². The molecule has 0 unspecified atom stereocenters. The molecule has 4 aliphatic carbocycles. The van der Waals surface area contributed by atoms with Gasteiger partial charge in [-0.2, -0.15) is 0 Å². The van der Waals surface area contributed by atoms with Crippen molar-refractivity contribution in [3.05, 3.63) is 90.5 Å². The van der Waals surface area contributed by atoms with Gasteiger partial charge in [0.1, 0.15) is 11.4 Å². The van der Waals surface area contributed by atoms with Gasteiger partial charge in [-0.1, -0.05) is 89.1 Å². The fourth-order valence-corrected chi connectivity index (χ4v) is 6.17. The lowest BCUT2D eigenvalue weighted by molar-refractivity contribution is -0.182. The van der Waals surface area contributed by atoms with Crippen molar-refractivity contribution >= 4 is 18.1 Å². The van der Waals surface area contributed by atoms with Crippen LogP contribution >= 0.6 is 0 Å². The molecule has 0 atom stereocenters. The number of hydrogen-bond donors (Lipinski definition) is 1. The third-order valence-electron chi connectivity index (χ3n) is 7.78. The number of rotatable bonds is 4. The van der Waals surface area contributed by atoms with E-state index in [1.165, 1.54) is 30.4 Å². The van der Waals surface area contributed by atoms with E-state index >= 15 is 0 Å². The van der Waals surface area contributed by atoms with Gasteiger partial charge in [0.2, 0.25) is 0 Å². The van der Waals surface area contributed by atoms with E-state index in [4.69, 9.17) is 9.84 Å². The lowest BCUT2D eigenvalue weighted by Gasteiger charge is -2.55. The van der Waals surface area contributed by atoms with Crippen LogP contribution in [0.3, 0.4) is 0 Å². The molecule has 0 aliphatic heterocycles. The second-order valence-electron chi connectivity index (χ2n) is 12.1. The molecule has 4 fully saturated rings. The van der Waals surface area contributed by atoms with Crippen molar-refractivity contribution in [1.82, 2.24) is 0 Å². The molecule has 4 saturated carbocycles. The molecule has 0 spiro atoms. The maximum atomic E-state index is 11.7. The summed E-state index contributed by atoms with van der Waals surface area (Å²) in [7, 11) is 0. The highest BCUT2D eigenvalue weighted by Gasteiger charge is 2.53. The Kier molecular flexibility index (Phi) is 9.23. The monoisotopic (exact) mass is 500 g/mol. The summed E-state index contributed by atoms with van der Waals surface area (Å²) in [6.07, 6.45) is 11.1. The van der Waals surface area contributed by atoms with Crippen LogP contribution in [0, 0.1) is 17.8 Å². The summed E-state index contributed by atoms with van der Waals surface area (Å²) in [6.45, 7) is 19.4. The quantitative estimate of drug-likeness (QED) is 0.337. The van der Waals surface area contributed by atoms with E-state index in [2.05, 4.69) is 64.8 Å². The van der Waals surface area contributed by atoms with Crippen LogP contribution in [0.1, 0.15) is 82.9 Å². The molecule has 0 saturated heterocycles. The maximum Gasteiger partial charge on any atom is 0.333 e. The molecule has 0 heterocycles. The first-order valence-electron chi connectivity index (χ1n) is 13.5. The molecule has 1 N–H and O–H groups in total. The molecular formula is C34H44O3. The van der Waals surface area contributed by atoms with Crippen LogP contribution in [0.2, 0.25) is 0 Å². The van der Waals surface area contributed by atoms with Gasteiger partial charge in [0, 0.05) is 5.57 Å². The van der Waals surface area contributed by atoms with E-state index in [0.717, 1.165) is 42.6 Å². The first kappa shape index (κ1) is 28.5. The van der Waals surface area contributed by atoms with E-state index in [9.17, 15) is 4.79 Å². The van der Waals surface area contributed by atoms with Crippen molar-refractivity contribution in [3.63, 3.8) is 0 Å². The number of aromatic hydroxyl groups is 1. The van der Waals surface area contributed by atoms with Crippen LogP contribution in [-0.2, 0) is 14.9 Å². The lowest BCUT2D eigenvalue weighted by atomic mass is 9.54. The summed E-state index contributed by atoms with van der Waals surface area (Å²) >= 11 is 0. The maximum absolute atomic E-state index is 11.7. The van der Waals surface area contributed by atoms with Crippen molar-refractivity contribution in [1.29, 1.82) is 0 Å². The summed E-state index contributed by atoms with van der Waals surface area (Å²) in [5.41, 5.74) is 4.25. The number of phenolic OH excluding ortho intramolecular Hbond substituents is 1. The SMILES string of the molecule is C=C(C)C(=O)OC12CC3CC(CC(C3)C1)C2.C=Cc1ccc(C(C)(C)C)cc1.C=Cc1ccc(O)cc1. The largest absolute Gasteiger partial charge is 0.508 e. The van der Waals surface area contributed by atoms with Gasteiger partial charge in [0.05, 0.1) is 0 Å². The van der Waals surface area contributed by atoms with Gasteiger partial charge in [0.25, 0.3) is 0 Å². The van der Waals surface area contributed by atoms with E-state index in [0.29, 0.717) is 11.3 Å². The molecule has 198 valence electrons. The smallest absolute Gasteiger partial charge is 0.333 e. The fourth-order valence-electron chi connectivity index (χ4n) is 6.17. The summed E-state index contributed by atoms with van der Waals surface area (Å²) in [4.78, 5) is 11.7. The van der Waals surface area contributed by atoms with E-state index in [1.54, 1.807) is 25.1 Å². The van der Waals surface area contributed by atoms with Crippen LogP contribution < -0.4 is 0 Å². The lowest BCUT2D eigenvalue weighted by Crippen LogP contribution is -2.52. The molecule has 6 rings (SSSR count). The van der Waals surface area contributed by atoms with Crippen LogP contribution in [0.15, 0.2) is 73.8 Å². The van der Waals surface area contributed by atoms with E-state index < -0.39 is 0 Å². The minimum Gasteiger partial charge on any atom is -0.508 e. The van der Waals surface area contributed by atoms with Crippen molar-refractivity contribution in [2.24, 2.45) is 17.8 Å². The summed E-state index contributed by atoms with van der Waals surface area (Å²) < 4.78 is 5.77. The van der Waals surface area contributed by atoms with Crippen molar-refractivity contribution in [2.75, 3.05) is 0 Å². The predicted octanol–water partition coefficient (Wildman–Crippen LogP) is 8.74. The first-order valence-corrected chi connectivity index (χ1v) is 13.5. The zero-order valence-corrected chi connectivity index (χ0v) is 23.1. The standard InChI is InChI=1S/C14H20O2.C12H16.C8H8O/c1-9(2)13(15)16-14-6-10-3-11(7-14)5-12(4-10)8-14;1-5-10-6-8-11(9-7-10)12(2,3)4;1-2-7-3-5-8(9)6-4-7/h10-12H,1,3-8H2,2H3;5-9H,1H2,2-4H3;2-6,9H,1H2. The second kappa shape index (κ2) is 12.0. The Morgan fingerprint density at radius 3 is 1.62 bits per heavy atom. The van der Waals surface area contributed by atoms with Crippen molar-refractivity contribution in [3.8, 4) is 5.75 Å². The fraction of sp³-hybridized carbons (Fsp3) is 0.441. The van der Waals surface area contributed by atoms with Gasteiger partial charge in [-0.15, -0.1) is 0 Å². The number of hydrogen-bond acceptors (Lipinski definition) is 3. The Morgan fingerprint density at radius 2 is 1.27 bits per heavy atom. The number of ether oxygens (including phenoxy) is 1. The van der Waals surface area contributed by atoms with Crippen LogP contribution in [0.25, 0.3) is 12.2 Å². The Labute approximate surface area is 224 Å². The average Bonchev–Trinajstić information content (AvgIpc) is 2.84. The summed E-state index contributed by atoms with van der Waals surface area (Å²) in [6, 6.07) is 15.4. The highest BCUT2D eigenvalue weighted by Crippen LogP contribution is 2.57. The molecule has 3 heteroatoms. The number of phenols is 1. The topological polar surface area (TPSA) is 46.5 Å². The molecule has 0 amide bonds. The van der Waals surface area contributed by atoms with Crippen molar-refractivity contribution < 1.29 is 14.6 Å². The molecule has 4 bridgehead atoms. The van der Waals surface area contributed by atoms with Gasteiger partial charge in [0.15, 0.2) is 0 Å². The third kappa shape index (κ3) is 7.95. The highest BCUT2D eigenvalue weighted by atomic mass is 16.6. The molecule has 2 aromatic rings. The Balaban J connectivity index is 0.000000162. The third-order valence-corrected chi connectivity index (χ3v) is 7.78. The molecular weight excluding hydrogens is 456 g/mol. The summed E-state index contributed by atoms with van der Waals surface area (Å²) in [5.74, 6) is 2.58. The van der Waals surface area contributed by atoms with Crippen LogP contribution in [0.5, 0.6) is 5.75 Å². The van der Waals surface area contributed by atoms with Crippen LogP contribution in [0.4, 0.5) is 0 Å². The number of esters is 1. The summed E-state index contributed by atoms with van der Waals surface area (Å²) in [5, 5.41) is 8.82. The van der Waals surface area contributed by atoms with E-state index in [-0.39, 0.29) is 17.0 Å². The first-order chi connectivity index (χ1) is 17.4. The molecule has 0 radical (unpaired) electrons. The Hall–Kier alpha value is -3.07. The predicted molar refractivity (Wildman–Crippen MR) is 155 cm³/mol.